The number of amides is 3. The summed E-state index contributed by atoms with van der Waals surface area (Å²) in [4.78, 5) is 30.7. The van der Waals surface area contributed by atoms with Crippen molar-refractivity contribution in [2.45, 2.75) is 6.42 Å². The lowest BCUT2D eigenvalue weighted by molar-refractivity contribution is -0.121. The minimum absolute atomic E-state index is 0.0775. The third-order valence-electron chi connectivity index (χ3n) is 1.13. The van der Waals surface area contributed by atoms with Crippen LogP contribution in [0.15, 0.2) is 5.29 Å². The van der Waals surface area contributed by atoms with Gasteiger partial charge >= 0.3 is 6.03 Å². The highest BCUT2D eigenvalue weighted by Crippen LogP contribution is 1.98. The van der Waals surface area contributed by atoms with Crippen LogP contribution in [-0.2, 0) is 4.79 Å². The van der Waals surface area contributed by atoms with Gasteiger partial charge in [0.2, 0.25) is 5.91 Å². The number of hydrogen-bond acceptors (Lipinski definition) is 4. The molecule has 1 fully saturated rings. The fourth-order valence-electron chi connectivity index (χ4n) is 0.633. The van der Waals surface area contributed by atoms with E-state index in [1.807, 2.05) is 5.32 Å². The second-order valence-electron chi connectivity index (χ2n) is 1.81. The van der Waals surface area contributed by atoms with Crippen LogP contribution < -0.4 is 5.32 Å². The Morgan fingerprint density at radius 3 is 2.70 bits per heavy atom. The van der Waals surface area contributed by atoms with E-state index >= 15 is 0 Å². The van der Waals surface area contributed by atoms with Crippen molar-refractivity contribution in [2.75, 3.05) is 6.54 Å². The van der Waals surface area contributed by atoms with Gasteiger partial charge in [-0.3, -0.25) is 10.1 Å². The first-order chi connectivity index (χ1) is 4.74. The molecule has 1 rings (SSSR count). The summed E-state index contributed by atoms with van der Waals surface area (Å²) >= 11 is 0. The molecule has 0 unspecified atom stereocenters. The molecule has 1 heterocycles. The summed E-state index contributed by atoms with van der Waals surface area (Å²) in [5.41, 5.74) is 0. The normalized spacial score (nSPS) is 18.6. The van der Waals surface area contributed by atoms with Crippen LogP contribution in [0.3, 0.4) is 0 Å². The Hall–Kier alpha value is -1.46. The zero-order valence-corrected chi connectivity index (χ0v) is 5.03. The summed E-state index contributed by atoms with van der Waals surface area (Å²) in [6, 6.07) is -0.744. The number of nitrogens with one attached hydrogen (secondary N) is 1. The number of carbonyl (C=O) groups is 2. The first kappa shape index (κ1) is 6.66. The Kier molecular flexibility index (Phi) is 1.61. The van der Waals surface area contributed by atoms with Gasteiger partial charge in [-0.2, -0.15) is 5.01 Å². The van der Waals surface area contributed by atoms with Gasteiger partial charge in [0.1, 0.15) is 0 Å². The second kappa shape index (κ2) is 2.42. The lowest BCUT2D eigenvalue weighted by Gasteiger charge is -2.17. The average Bonchev–Trinajstić information content (AvgIpc) is 1.88. The molecule has 0 aromatic carbocycles. The monoisotopic (exact) mass is 143 g/mol. The van der Waals surface area contributed by atoms with E-state index < -0.39 is 6.03 Å². The van der Waals surface area contributed by atoms with Crippen LogP contribution in [0.5, 0.6) is 0 Å². The second-order valence-corrected chi connectivity index (χ2v) is 1.81. The van der Waals surface area contributed by atoms with Gasteiger partial charge in [-0.1, -0.05) is 0 Å². The van der Waals surface area contributed by atoms with Crippen molar-refractivity contribution in [3.63, 3.8) is 0 Å². The van der Waals surface area contributed by atoms with Gasteiger partial charge in [-0.25, -0.2) is 4.79 Å². The van der Waals surface area contributed by atoms with Gasteiger partial charge in [-0.15, -0.1) is 4.91 Å². The highest BCUT2D eigenvalue weighted by molar-refractivity contribution is 5.96. The number of imide groups is 1. The molecule has 0 aliphatic carbocycles. The average molecular weight is 143 g/mol. The summed E-state index contributed by atoms with van der Waals surface area (Å²) in [6.45, 7) is 0.0775. The summed E-state index contributed by atoms with van der Waals surface area (Å²) in [5, 5.41) is 4.98. The molecule has 0 aromatic rings. The van der Waals surface area contributed by atoms with Crippen molar-refractivity contribution in [2.24, 2.45) is 5.29 Å². The van der Waals surface area contributed by atoms with Crippen LogP contribution >= 0.6 is 0 Å². The van der Waals surface area contributed by atoms with Crippen LogP contribution in [0.2, 0.25) is 0 Å². The molecule has 1 aliphatic rings. The number of nitrogens with zero attached hydrogens (tertiary/aromatic N) is 2. The minimum atomic E-state index is -0.744. The van der Waals surface area contributed by atoms with Gasteiger partial charge in [0, 0.05) is 6.42 Å². The van der Waals surface area contributed by atoms with E-state index in [2.05, 4.69) is 5.29 Å². The fraction of sp³-hybridized carbons (Fsp3) is 0.500. The molecular formula is C4H5N3O3. The SMILES string of the molecule is O=NN1CCC(=O)NC1=O. The van der Waals surface area contributed by atoms with Gasteiger partial charge < -0.3 is 0 Å². The zero-order valence-electron chi connectivity index (χ0n) is 5.03. The summed E-state index contributed by atoms with van der Waals surface area (Å²) in [7, 11) is 0. The molecule has 0 aromatic heterocycles. The van der Waals surface area contributed by atoms with Gasteiger partial charge in [0.25, 0.3) is 0 Å². The maximum absolute atomic E-state index is 10.5. The lowest BCUT2D eigenvalue weighted by atomic mass is 10.3. The Morgan fingerprint density at radius 2 is 2.20 bits per heavy atom. The van der Waals surface area contributed by atoms with Crippen LogP contribution in [0, 0.1) is 4.91 Å². The Morgan fingerprint density at radius 1 is 1.50 bits per heavy atom. The van der Waals surface area contributed by atoms with Crippen LogP contribution in [0.1, 0.15) is 6.42 Å². The molecule has 6 heteroatoms. The van der Waals surface area contributed by atoms with Crippen LogP contribution in [0.25, 0.3) is 0 Å². The third-order valence-corrected chi connectivity index (χ3v) is 1.13. The Bertz CT molecular complexity index is 190. The van der Waals surface area contributed by atoms with Crippen molar-refractivity contribution >= 4 is 11.9 Å². The molecule has 1 aliphatic heterocycles. The summed E-state index contributed by atoms with van der Waals surface area (Å²) in [6.07, 6.45) is 0.136. The van der Waals surface area contributed by atoms with Crippen molar-refractivity contribution in [3.8, 4) is 0 Å². The van der Waals surface area contributed by atoms with Crippen LogP contribution in [-0.4, -0.2) is 23.5 Å². The molecule has 0 atom stereocenters. The molecule has 3 amide bonds. The molecule has 0 saturated carbocycles. The molecule has 0 spiro atoms. The molecule has 1 saturated heterocycles. The largest absolute Gasteiger partial charge is 0.347 e. The number of carbonyl (C=O) groups excluding carboxylic acids is 2. The number of hydrogen-bond donors (Lipinski definition) is 1. The molecular weight excluding hydrogens is 138 g/mol. The van der Waals surface area contributed by atoms with Gasteiger partial charge in [0.05, 0.1) is 11.8 Å². The predicted octanol–water partition coefficient (Wildman–Crippen LogP) is -0.390. The van der Waals surface area contributed by atoms with E-state index in [4.69, 9.17) is 0 Å². The third kappa shape index (κ3) is 1.09. The van der Waals surface area contributed by atoms with E-state index in [0.717, 1.165) is 0 Å². The van der Waals surface area contributed by atoms with Gasteiger partial charge in [-0.05, 0) is 0 Å². The topological polar surface area (TPSA) is 78.8 Å². The summed E-state index contributed by atoms with van der Waals surface area (Å²) < 4.78 is 0. The molecule has 0 radical (unpaired) electrons. The maximum atomic E-state index is 10.5. The van der Waals surface area contributed by atoms with Crippen molar-refractivity contribution < 1.29 is 9.59 Å². The van der Waals surface area contributed by atoms with E-state index in [0.29, 0.717) is 5.01 Å². The standard InChI is InChI=1S/C4H5N3O3/c8-3-1-2-7(6-10)4(9)5-3/h1-2H2,(H,5,8,9). The van der Waals surface area contributed by atoms with Crippen molar-refractivity contribution in [1.29, 1.82) is 0 Å². The van der Waals surface area contributed by atoms with E-state index in [1.165, 1.54) is 0 Å². The highest BCUT2D eigenvalue weighted by atomic mass is 16.3. The van der Waals surface area contributed by atoms with Gasteiger partial charge in [0.15, 0.2) is 0 Å². The quantitative estimate of drug-likeness (QED) is 0.507. The lowest BCUT2D eigenvalue weighted by Crippen LogP contribution is -2.46. The fourth-order valence-corrected chi connectivity index (χ4v) is 0.633. The molecule has 6 nitrogen and oxygen atoms in total. The minimum Gasteiger partial charge on any atom is -0.276 e. The van der Waals surface area contributed by atoms with Crippen LogP contribution in [0.4, 0.5) is 4.79 Å². The number of nitroso groups, excluding NO2 is 1. The van der Waals surface area contributed by atoms with E-state index in [1.54, 1.807) is 0 Å². The first-order valence-electron chi connectivity index (χ1n) is 2.68. The Balaban J connectivity index is 2.59. The molecule has 0 bridgehead atoms. The molecule has 54 valence electrons. The smallest absolute Gasteiger partial charge is 0.276 e. The Labute approximate surface area is 56.1 Å². The molecule has 1 N–H and O–H groups in total. The maximum Gasteiger partial charge on any atom is 0.347 e. The van der Waals surface area contributed by atoms with Crippen molar-refractivity contribution in [1.82, 2.24) is 10.3 Å². The summed E-state index contributed by atoms with van der Waals surface area (Å²) in [5.74, 6) is -0.370. The number of urea groups is 1. The van der Waals surface area contributed by atoms with E-state index in [9.17, 15) is 14.5 Å². The zero-order chi connectivity index (χ0) is 7.56. The van der Waals surface area contributed by atoms with Crippen molar-refractivity contribution in [3.05, 3.63) is 4.91 Å². The predicted molar refractivity (Wildman–Crippen MR) is 30.7 cm³/mol. The first-order valence-corrected chi connectivity index (χ1v) is 2.68. The van der Waals surface area contributed by atoms with E-state index in [-0.39, 0.29) is 18.9 Å². The molecule has 10 heavy (non-hydrogen) atoms. The number of rotatable bonds is 1. The highest BCUT2D eigenvalue weighted by Gasteiger charge is 2.22.